The van der Waals surface area contributed by atoms with Crippen molar-refractivity contribution in [3.63, 3.8) is 0 Å². The molecule has 1 aromatic carbocycles. The molecule has 1 unspecified atom stereocenters. The van der Waals surface area contributed by atoms with Gasteiger partial charge in [0.05, 0.1) is 5.69 Å². The van der Waals surface area contributed by atoms with Crippen molar-refractivity contribution in [3.8, 4) is 0 Å². The molecule has 0 aliphatic carbocycles. The molecule has 1 aromatic heterocycles. The molecule has 0 radical (unpaired) electrons. The Morgan fingerprint density at radius 1 is 1.26 bits per heavy atom. The first-order valence-corrected chi connectivity index (χ1v) is 6.57. The van der Waals surface area contributed by atoms with Crippen LogP contribution in [0.2, 0.25) is 0 Å². The fourth-order valence-electron chi connectivity index (χ4n) is 2.02. The molecule has 1 atom stereocenters. The number of benzene rings is 1. The number of aryl methyl sites for hydroxylation is 2. The number of hydrogen-bond donors (Lipinski definition) is 2. The molecule has 9 heteroatoms. The minimum atomic E-state index is -4.72. The first-order valence-electron chi connectivity index (χ1n) is 6.57. The maximum atomic E-state index is 13.1. The number of aromatic nitrogens is 2. The van der Waals surface area contributed by atoms with Crippen LogP contribution >= 0.6 is 0 Å². The standard InChI is InChI=1S/C14H14F4N4O/c1-8-7-11(22(2)21-8)19-13(23)20-12(14(16,17)18)9-3-5-10(15)6-4-9/h3-7,12H,1-2H3,(H2,19,20,23). The molecule has 23 heavy (non-hydrogen) atoms. The second kappa shape index (κ2) is 6.27. The van der Waals surface area contributed by atoms with E-state index in [9.17, 15) is 22.4 Å². The van der Waals surface area contributed by atoms with Gasteiger partial charge in [-0.3, -0.25) is 10.00 Å². The Kier molecular flexibility index (Phi) is 4.57. The Bertz CT molecular complexity index is 694. The normalized spacial score (nSPS) is 12.8. The summed E-state index contributed by atoms with van der Waals surface area (Å²) in [5, 5.41) is 8.10. The van der Waals surface area contributed by atoms with Gasteiger partial charge in [0.2, 0.25) is 0 Å². The van der Waals surface area contributed by atoms with Gasteiger partial charge in [0.1, 0.15) is 11.6 Å². The van der Waals surface area contributed by atoms with Crippen LogP contribution in [-0.4, -0.2) is 22.0 Å². The third-order valence-corrected chi connectivity index (χ3v) is 3.05. The minimum Gasteiger partial charge on any atom is -0.322 e. The number of nitrogens with zero attached hydrogens (tertiary/aromatic N) is 2. The minimum absolute atomic E-state index is 0.250. The van der Waals surface area contributed by atoms with Crippen LogP contribution in [-0.2, 0) is 7.05 Å². The highest BCUT2D eigenvalue weighted by Gasteiger charge is 2.42. The predicted octanol–water partition coefficient (Wildman–Crippen LogP) is 3.29. The fourth-order valence-corrected chi connectivity index (χ4v) is 2.02. The topological polar surface area (TPSA) is 59.0 Å². The van der Waals surface area contributed by atoms with E-state index in [-0.39, 0.29) is 11.4 Å². The van der Waals surface area contributed by atoms with Crippen LogP contribution in [0.3, 0.4) is 0 Å². The van der Waals surface area contributed by atoms with E-state index in [0.29, 0.717) is 5.69 Å². The Morgan fingerprint density at radius 2 is 1.87 bits per heavy atom. The van der Waals surface area contributed by atoms with E-state index in [1.165, 1.54) is 10.7 Å². The Hall–Kier alpha value is -2.58. The summed E-state index contributed by atoms with van der Waals surface area (Å²) in [6.45, 7) is 1.68. The molecule has 5 nitrogen and oxygen atoms in total. The van der Waals surface area contributed by atoms with Gasteiger partial charge in [0.15, 0.2) is 6.04 Å². The van der Waals surface area contributed by atoms with E-state index in [1.807, 2.05) is 5.32 Å². The molecule has 2 aromatic rings. The summed E-state index contributed by atoms with van der Waals surface area (Å²) in [5.41, 5.74) is 0.337. The molecule has 0 fully saturated rings. The van der Waals surface area contributed by atoms with Crippen LogP contribution in [0.5, 0.6) is 0 Å². The number of amides is 2. The average molecular weight is 330 g/mol. The van der Waals surface area contributed by atoms with E-state index < -0.39 is 24.1 Å². The second-order valence-electron chi connectivity index (χ2n) is 4.92. The Balaban J connectivity index is 2.16. The summed E-state index contributed by atoms with van der Waals surface area (Å²) in [7, 11) is 1.55. The number of nitrogens with one attached hydrogen (secondary N) is 2. The van der Waals surface area contributed by atoms with Gasteiger partial charge in [-0.05, 0) is 24.6 Å². The quantitative estimate of drug-likeness (QED) is 0.849. The van der Waals surface area contributed by atoms with Gasteiger partial charge in [-0.1, -0.05) is 12.1 Å². The number of urea groups is 1. The zero-order chi connectivity index (χ0) is 17.2. The lowest BCUT2D eigenvalue weighted by Crippen LogP contribution is -2.40. The van der Waals surface area contributed by atoms with Crippen LogP contribution in [0, 0.1) is 12.7 Å². The molecular weight excluding hydrogens is 316 g/mol. The highest BCUT2D eigenvalue weighted by atomic mass is 19.4. The zero-order valence-corrected chi connectivity index (χ0v) is 12.3. The Morgan fingerprint density at radius 3 is 2.35 bits per heavy atom. The third-order valence-electron chi connectivity index (χ3n) is 3.05. The van der Waals surface area contributed by atoms with Crippen molar-refractivity contribution in [2.24, 2.45) is 7.05 Å². The maximum Gasteiger partial charge on any atom is 0.412 e. The van der Waals surface area contributed by atoms with Gasteiger partial charge in [-0.2, -0.15) is 18.3 Å². The molecule has 2 N–H and O–H groups in total. The van der Waals surface area contributed by atoms with Gasteiger partial charge < -0.3 is 5.32 Å². The molecule has 2 rings (SSSR count). The van der Waals surface area contributed by atoms with Crippen LogP contribution < -0.4 is 10.6 Å². The molecule has 0 saturated carbocycles. The fraction of sp³-hybridized carbons (Fsp3) is 0.286. The summed E-state index contributed by atoms with van der Waals surface area (Å²) in [5.74, 6) is -0.412. The number of alkyl halides is 3. The van der Waals surface area contributed by atoms with Gasteiger partial charge in [-0.15, -0.1) is 0 Å². The number of hydrogen-bond acceptors (Lipinski definition) is 2. The molecular formula is C14H14F4N4O. The second-order valence-corrected chi connectivity index (χ2v) is 4.92. The van der Waals surface area contributed by atoms with Gasteiger partial charge in [-0.25, -0.2) is 9.18 Å². The SMILES string of the molecule is Cc1cc(NC(=O)NC(c2ccc(F)cc2)C(F)(F)F)n(C)n1. The number of carbonyl (C=O) groups is 1. The van der Waals surface area contributed by atoms with Crippen molar-refractivity contribution in [2.45, 2.75) is 19.1 Å². The van der Waals surface area contributed by atoms with Gasteiger partial charge >= 0.3 is 12.2 Å². The largest absolute Gasteiger partial charge is 0.412 e. The van der Waals surface area contributed by atoms with Gasteiger partial charge in [0, 0.05) is 13.1 Å². The smallest absolute Gasteiger partial charge is 0.322 e. The lowest BCUT2D eigenvalue weighted by atomic mass is 10.1. The molecule has 0 bridgehead atoms. The number of anilines is 1. The molecule has 0 aliphatic heterocycles. The van der Waals surface area contributed by atoms with Crippen molar-refractivity contribution in [1.82, 2.24) is 15.1 Å². The van der Waals surface area contributed by atoms with E-state index in [0.717, 1.165) is 24.3 Å². The summed E-state index contributed by atoms with van der Waals surface area (Å²) in [4.78, 5) is 11.8. The third kappa shape index (κ3) is 4.21. The molecule has 0 spiro atoms. The molecule has 0 aliphatic rings. The monoisotopic (exact) mass is 330 g/mol. The summed E-state index contributed by atoms with van der Waals surface area (Å²) in [6.07, 6.45) is -4.72. The van der Waals surface area contributed by atoms with E-state index in [1.54, 1.807) is 14.0 Å². The molecule has 0 saturated heterocycles. The summed E-state index contributed by atoms with van der Waals surface area (Å²) >= 11 is 0. The van der Waals surface area contributed by atoms with Crippen molar-refractivity contribution < 1.29 is 22.4 Å². The van der Waals surface area contributed by atoms with Crippen LogP contribution in [0.1, 0.15) is 17.3 Å². The van der Waals surface area contributed by atoms with Crippen LogP contribution in [0.15, 0.2) is 30.3 Å². The van der Waals surface area contributed by atoms with Gasteiger partial charge in [0.25, 0.3) is 0 Å². The molecule has 124 valence electrons. The van der Waals surface area contributed by atoms with Crippen molar-refractivity contribution in [1.29, 1.82) is 0 Å². The van der Waals surface area contributed by atoms with E-state index in [4.69, 9.17) is 0 Å². The average Bonchev–Trinajstić information content (AvgIpc) is 2.74. The molecule has 1 heterocycles. The first kappa shape index (κ1) is 16.8. The van der Waals surface area contributed by atoms with Crippen LogP contribution in [0.25, 0.3) is 0 Å². The van der Waals surface area contributed by atoms with Crippen molar-refractivity contribution >= 4 is 11.8 Å². The Labute approximate surface area is 129 Å². The van der Waals surface area contributed by atoms with E-state index in [2.05, 4.69) is 10.4 Å². The van der Waals surface area contributed by atoms with Crippen molar-refractivity contribution in [3.05, 3.63) is 47.4 Å². The van der Waals surface area contributed by atoms with Crippen LogP contribution in [0.4, 0.5) is 28.2 Å². The zero-order valence-electron chi connectivity index (χ0n) is 12.3. The highest BCUT2D eigenvalue weighted by molar-refractivity contribution is 5.88. The number of rotatable bonds is 3. The lowest BCUT2D eigenvalue weighted by molar-refractivity contribution is -0.154. The first-order chi connectivity index (χ1) is 10.7. The number of halogens is 4. The summed E-state index contributed by atoms with van der Waals surface area (Å²) < 4.78 is 53.6. The summed E-state index contributed by atoms with van der Waals surface area (Å²) in [6, 6.07) is 1.97. The van der Waals surface area contributed by atoms with Crippen molar-refractivity contribution in [2.75, 3.05) is 5.32 Å². The highest BCUT2D eigenvalue weighted by Crippen LogP contribution is 2.32. The molecule has 2 amide bonds. The lowest BCUT2D eigenvalue weighted by Gasteiger charge is -2.22. The maximum absolute atomic E-state index is 13.1. The van der Waals surface area contributed by atoms with E-state index >= 15 is 0 Å². The number of carbonyl (C=O) groups excluding carboxylic acids is 1. The predicted molar refractivity (Wildman–Crippen MR) is 75.3 cm³/mol.